The van der Waals surface area contributed by atoms with Crippen LogP contribution in [0.5, 0.6) is 17.2 Å². The second-order valence-electron chi connectivity index (χ2n) is 4.81. The normalized spacial score (nSPS) is 11.5. The fraction of sp³-hybridized carbons (Fsp3) is 0.235. The molecule has 1 atom stereocenters. The van der Waals surface area contributed by atoms with Gasteiger partial charge < -0.3 is 19.5 Å². The molecule has 6 heteroatoms. The molecular weight excluding hydrogens is 301 g/mol. The number of benzene rings is 2. The number of amides is 1. The molecule has 5 nitrogen and oxygen atoms in total. The van der Waals surface area contributed by atoms with E-state index in [1.807, 2.05) is 0 Å². The fourth-order valence-electron chi connectivity index (χ4n) is 1.92. The van der Waals surface area contributed by atoms with E-state index >= 15 is 0 Å². The Balaban J connectivity index is 2.06. The van der Waals surface area contributed by atoms with Crippen LogP contribution in [0, 0.1) is 5.82 Å². The van der Waals surface area contributed by atoms with E-state index in [1.54, 1.807) is 31.2 Å². The van der Waals surface area contributed by atoms with Gasteiger partial charge in [0.1, 0.15) is 23.1 Å². The zero-order valence-electron chi connectivity index (χ0n) is 13.1. The van der Waals surface area contributed by atoms with Crippen LogP contribution in [0.4, 0.5) is 10.1 Å². The van der Waals surface area contributed by atoms with Crippen LogP contribution in [-0.4, -0.2) is 26.2 Å². The van der Waals surface area contributed by atoms with Crippen LogP contribution in [0.1, 0.15) is 6.92 Å². The predicted octanol–water partition coefficient (Wildman–Crippen LogP) is 3.25. The van der Waals surface area contributed by atoms with Crippen LogP contribution >= 0.6 is 0 Å². The van der Waals surface area contributed by atoms with Gasteiger partial charge in [0.2, 0.25) is 0 Å². The summed E-state index contributed by atoms with van der Waals surface area (Å²) in [4.78, 5) is 12.2. The van der Waals surface area contributed by atoms with Crippen LogP contribution in [-0.2, 0) is 4.79 Å². The van der Waals surface area contributed by atoms with Crippen molar-refractivity contribution in [2.75, 3.05) is 19.5 Å². The van der Waals surface area contributed by atoms with Gasteiger partial charge in [-0.3, -0.25) is 4.79 Å². The number of nitrogens with one attached hydrogen (secondary N) is 1. The smallest absolute Gasteiger partial charge is 0.265 e. The van der Waals surface area contributed by atoms with E-state index in [9.17, 15) is 9.18 Å². The summed E-state index contributed by atoms with van der Waals surface area (Å²) in [7, 11) is 3.05. The molecule has 0 aliphatic heterocycles. The van der Waals surface area contributed by atoms with E-state index in [0.717, 1.165) is 0 Å². The van der Waals surface area contributed by atoms with Crippen molar-refractivity contribution in [2.24, 2.45) is 0 Å². The Bertz CT molecular complexity index is 668. The van der Waals surface area contributed by atoms with Gasteiger partial charge in [0.05, 0.1) is 14.2 Å². The van der Waals surface area contributed by atoms with E-state index in [2.05, 4.69) is 5.32 Å². The van der Waals surface area contributed by atoms with Gasteiger partial charge in [-0.05, 0) is 19.1 Å². The maximum absolute atomic E-state index is 13.1. The molecule has 0 saturated heterocycles. The first-order valence-corrected chi connectivity index (χ1v) is 6.98. The zero-order chi connectivity index (χ0) is 16.8. The van der Waals surface area contributed by atoms with E-state index < -0.39 is 11.9 Å². The number of anilines is 1. The Morgan fingerprint density at radius 1 is 1.04 bits per heavy atom. The molecule has 0 radical (unpaired) electrons. The zero-order valence-corrected chi connectivity index (χ0v) is 13.1. The molecule has 0 saturated carbocycles. The number of carbonyl (C=O) groups excluding carboxylic acids is 1. The SMILES string of the molecule is COc1cc(NC(=O)C(C)Oc2cccc(F)c2)cc(OC)c1. The molecule has 2 aromatic carbocycles. The van der Waals surface area contributed by atoms with Gasteiger partial charge in [0, 0.05) is 30.0 Å². The van der Waals surface area contributed by atoms with Crippen molar-refractivity contribution in [3.8, 4) is 17.2 Å². The second kappa shape index (κ2) is 7.49. The molecule has 2 rings (SSSR count). The molecule has 0 heterocycles. The van der Waals surface area contributed by atoms with Crippen LogP contribution in [0.15, 0.2) is 42.5 Å². The second-order valence-corrected chi connectivity index (χ2v) is 4.81. The summed E-state index contributed by atoms with van der Waals surface area (Å²) in [6, 6.07) is 10.6. The highest BCUT2D eigenvalue weighted by Gasteiger charge is 2.16. The molecule has 2 aromatic rings. The summed E-state index contributed by atoms with van der Waals surface area (Å²) in [5.74, 6) is 0.602. The summed E-state index contributed by atoms with van der Waals surface area (Å²) >= 11 is 0. The number of rotatable bonds is 6. The molecule has 122 valence electrons. The maximum Gasteiger partial charge on any atom is 0.265 e. The molecule has 0 aliphatic rings. The van der Waals surface area contributed by atoms with E-state index in [-0.39, 0.29) is 11.7 Å². The number of hydrogen-bond acceptors (Lipinski definition) is 4. The highest BCUT2D eigenvalue weighted by atomic mass is 19.1. The monoisotopic (exact) mass is 319 g/mol. The number of methoxy groups -OCH3 is 2. The Morgan fingerprint density at radius 2 is 1.70 bits per heavy atom. The summed E-state index contributed by atoms with van der Waals surface area (Å²) in [5.41, 5.74) is 0.515. The molecule has 1 amide bonds. The summed E-state index contributed by atoms with van der Waals surface area (Å²) < 4.78 is 28.8. The Kier molecular flexibility index (Phi) is 5.41. The predicted molar refractivity (Wildman–Crippen MR) is 84.7 cm³/mol. The Morgan fingerprint density at radius 3 is 2.26 bits per heavy atom. The van der Waals surface area contributed by atoms with Gasteiger partial charge in [-0.25, -0.2) is 4.39 Å². The third-order valence-corrected chi connectivity index (χ3v) is 3.10. The molecule has 0 aliphatic carbocycles. The van der Waals surface area contributed by atoms with Crippen molar-refractivity contribution >= 4 is 11.6 Å². The van der Waals surface area contributed by atoms with Crippen molar-refractivity contribution in [2.45, 2.75) is 13.0 Å². The largest absolute Gasteiger partial charge is 0.497 e. The minimum Gasteiger partial charge on any atom is -0.497 e. The van der Waals surface area contributed by atoms with Gasteiger partial charge in [-0.15, -0.1) is 0 Å². The van der Waals surface area contributed by atoms with Crippen LogP contribution in [0.2, 0.25) is 0 Å². The van der Waals surface area contributed by atoms with Crippen molar-refractivity contribution in [3.63, 3.8) is 0 Å². The third-order valence-electron chi connectivity index (χ3n) is 3.10. The highest BCUT2D eigenvalue weighted by Crippen LogP contribution is 2.26. The number of carbonyl (C=O) groups is 1. The van der Waals surface area contributed by atoms with Crippen molar-refractivity contribution < 1.29 is 23.4 Å². The van der Waals surface area contributed by atoms with E-state index in [0.29, 0.717) is 17.2 Å². The highest BCUT2D eigenvalue weighted by molar-refractivity contribution is 5.94. The van der Waals surface area contributed by atoms with Crippen LogP contribution in [0.25, 0.3) is 0 Å². The molecule has 1 unspecified atom stereocenters. The number of hydrogen-bond donors (Lipinski definition) is 1. The number of halogens is 1. The molecule has 0 aromatic heterocycles. The maximum atomic E-state index is 13.1. The van der Waals surface area contributed by atoms with Crippen molar-refractivity contribution in [1.29, 1.82) is 0 Å². The standard InChI is InChI=1S/C17H18FNO4/c1-11(23-14-6-4-5-12(18)7-14)17(20)19-13-8-15(21-2)10-16(9-13)22-3/h4-11H,1-3H3,(H,19,20). The Hall–Kier alpha value is -2.76. The average Bonchev–Trinajstić information content (AvgIpc) is 2.54. The summed E-state index contributed by atoms with van der Waals surface area (Å²) in [5, 5.41) is 2.71. The quantitative estimate of drug-likeness (QED) is 0.888. The lowest BCUT2D eigenvalue weighted by molar-refractivity contribution is -0.122. The average molecular weight is 319 g/mol. The van der Waals surface area contributed by atoms with Crippen LogP contribution in [0.3, 0.4) is 0 Å². The van der Waals surface area contributed by atoms with Gasteiger partial charge in [-0.1, -0.05) is 6.07 Å². The van der Waals surface area contributed by atoms with Gasteiger partial charge in [0.25, 0.3) is 5.91 Å². The number of ether oxygens (including phenoxy) is 3. The lowest BCUT2D eigenvalue weighted by Crippen LogP contribution is -2.30. The van der Waals surface area contributed by atoms with Gasteiger partial charge in [0.15, 0.2) is 6.10 Å². The first-order valence-electron chi connectivity index (χ1n) is 6.98. The lowest BCUT2D eigenvalue weighted by Gasteiger charge is -2.15. The topological polar surface area (TPSA) is 56.8 Å². The van der Waals surface area contributed by atoms with Gasteiger partial charge >= 0.3 is 0 Å². The van der Waals surface area contributed by atoms with E-state index in [1.165, 1.54) is 32.4 Å². The van der Waals surface area contributed by atoms with Crippen molar-refractivity contribution in [1.82, 2.24) is 0 Å². The van der Waals surface area contributed by atoms with Crippen molar-refractivity contribution in [3.05, 3.63) is 48.3 Å². The molecule has 0 fully saturated rings. The van der Waals surface area contributed by atoms with E-state index in [4.69, 9.17) is 14.2 Å². The molecule has 0 spiro atoms. The summed E-state index contributed by atoms with van der Waals surface area (Å²) in [6.45, 7) is 1.58. The molecule has 1 N–H and O–H groups in total. The first kappa shape index (κ1) is 16.6. The van der Waals surface area contributed by atoms with Gasteiger partial charge in [-0.2, -0.15) is 0 Å². The Labute approximate surface area is 134 Å². The first-order chi connectivity index (χ1) is 11.0. The fourth-order valence-corrected chi connectivity index (χ4v) is 1.92. The third kappa shape index (κ3) is 4.60. The minimum absolute atomic E-state index is 0.288. The minimum atomic E-state index is -0.797. The summed E-state index contributed by atoms with van der Waals surface area (Å²) in [6.07, 6.45) is -0.797. The molecule has 0 bridgehead atoms. The lowest BCUT2D eigenvalue weighted by atomic mass is 10.2. The molecular formula is C17H18FNO4. The van der Waals surface area contributed by atoms with Crippen LogP contribution < -0.4 is 19.5 Å². The molecule has 23 heavy (non-hydrogen) atoms.